The zero-order valence-corrected chi connectivity index (χ0v) is 24.4. The van der Waals surface area contributed by atoms with Crippen LogP contribution in [0.2, 0.25) is 0 Å². The van der Waals surface area contributed by atoms with Crippen LogP contribution in [0.15, 0.2) is 36.5 Å². The van der Waals surface area contributed by atoms with E-state index in [2.05, 4.69) is 35.4 Å². The van der Waals surface area contributed by atoms with Gasteiger partial charge in [-0.05, 0) is 25.0 Å². The maximum atomic E-state index is 12.9. The highest BCUT2D eigenvalue weighted by atomic mass is 16.5. The number of carbonyl (C=O) groups is 3. The second kappa shape index (κ2) is 11.7. The zero-order chi connectivity index (χ0) is 31.0. The van der Waals surface area contributed by atoms with Crippen LogP contribution in [0.4, 0.5) is 33.6 Å². The van der Waals surface area contributed by atoms with Gasteiger partial charge in [0.2, 0.25) is 0 Å². The number of nitrogens with zero attached hydrogens (tertiary/aromatic N) is 6. The Morgan fingerprint density at radius 3 is 2.39 bits per heavy atom. The van der Waals surface area contributed by atoms with Crippen molar-refractivity contribution in [3.05, 3.63) is 47.9 Å². The lowest BCUT2D eigenvalue weighted by Gasteiger charge is -2.36. The van der Waals surface area contributed by atoms with Crippen molar-refractivity contribution in [3.63, 3.8) is 0 Å². The Hall–Kier alpha value is -5.34. The maximum Gasteiger partial charge on any atom is 0.356 e. The first-order valence-corrected chi connectivity index (χ1v) is 14.1. The number of carboxylic acids is 1. The highest BCUT2D eigenvalue weighted by Crippen LogP contribution is 2.45. The summed E-state index contributed by atoms with van der Waals surface area (Å²) < 4.78 is 15.5. The second-order valence-electron chi connectivity index (χ2n) is 10.6. The van der Waals surface area contributed by atoms with E-state index >= 15 is 0 Å². The lowest BCUT2D eigenvalue weighted by Crippen LogP contribution is -2.48. The van der Waals surface area contributed by atoms with E-state index in [-0.39, 0.29) is 17.4 Å². The van der Waals surface area contributed by atoms with Gasteiger partial charge in [-0.1, -0.05) is 6.07 Å². The smallest absolute Gasteiger partial charge is 0.356 e. The third kappa shape index (κ3) is 5.20. The molecule has 4 aliphatic heterocycles. The van der Waals surface area contributed by atoms with Crippen molar-refractivity contribution < 1.29 is 33.7 Å². The number of esters is 1. The fraction of sp³-hybridized carbons (Fsp3) is 0.379. The highest BCUT2D eigenvalue weighted by molar-refractivity contribution is 6.05. The largest absolute Gasteiger partial charge is 0.494 e. The quantitative estimate of drug-likeness (QED) is 0.363. The number of hydrogen-bond donors (Lipinski definition) is 3. The fourth-order valence-corrected chi connectivity index (χ4v) is 5.99. The molecule has 7 rings (SSSR count). The molecule has 2 amide bonds. The minimum Gasteiger partial charge on any atom is -0.494 e. The van der Waals surface area contributed by atoms with Crippen LogP contribution >= 0.6 is 0 Å². The van der Waals surface area contributed by atoms with Gasteiger partial charge in [0.15, 0.2) is 23.0 Å². The number of ether oxygens (including phenoxy) is 3. The molecular formula is C29H32N8O7. The molecule has 2 saturated heterocycles. The molecule has 2 fully saturated rings. The number of hydrogen-bond acceptors (Lipinski definition) is 12. The maximum absolute atomic E-state index is 12.9. The molecule has 15 nitrogen and oxygen atoms in total. The van der Waals surface area contributed by atoms with Crippen LogP contribution in [0.25, 0.3) is 0 Å². The van der Waals surface area contributed by atoms with Crippen LogP contribution in [0, 0.1) is 0 Å². The summed E-state index contributed by atoms with van der Waals surface area (Å²) in [5, 5.41) is 15.4. The molecule has 3 aromatic rings. The van der Waals surface area contributed by atoms with Crippen LogP contribution in [0.5, 0.6) is 11.5 Å². The van der Waals surface area contributed by atoms with Gasteiger partial charge < -0.3 is 34.4 Å². The number of carboxylic acid groups (broad SMARTS) is 1. The Labute approximate surface area is 252 Å². The molecule has 0 aliphatic carbocycles. The molecule has 0 spiro atoms. The third-order valence-corrected chi connectivity index (χ3v) is 7.99. The van der Waals surface area contributed by atoms with Crippen molar-refractivity contribution in [2.75, 3.05) is 72.8 Å². The van der Waals surface area contributed by atoms with Crippen molar-refractivity contribution in [3.8, 4) is 11.5 Å². The number of amides is 2. The average Bonchev–Trinajstić information content (AvgIpc) is 3.63. The van der Waals surface area contributed by atoms with Gasteiger partial charge in [-0.2, -0.15) is 0 Å². The number of nitrogens with one attached hydrogen (secondary N) is 2. The lowest BCUT2D eigenvalue weighted by molar-refractivity contribution is 0.0593. The number of aromatic carboxylic acids is 1. The van der Waals surface area contributed by atoms with Gasteiger partial charge >= 0.3 is 18.0 Å². The summed E-state index contributed by atoms with van der Waals surface area (Å²) in [6, 6.07) is 8.15. The van der Waals surface area contributed by atoms with E-state index in [9.17, 15) is 19.5 Å². The molecule has 3 N–H and O–H groups in total. The number of pyridine rings is 3. The summed E-state index contributed by atoms with van der Waals surface area (Å²) in [6.45, 7) is 3.34. The molecule has 3 aromatic heterocycles. The average molecular weight is 605 g/mol. The Balaban J connectivity index is 0.000000167. The first kappa shape index (κ1) is 28.8. The summed E-state index contributed by atoms with van der Waals surface area (Å²) >= 11 is 0. The molecule has 4 aliphatic rings. The van der Waals surface area contributed by atoms with Gasteiger partial charge in [-0.3, -0.25) is 10.2 Å². The number of fused-ring (bicyclic) bond motifs is 8. The Bertz CT molecular complexity index is 1600. The first-order chi connectivity index (χ1) is 21.3. The van der Waals surface area contributed by atoms with E-state index in [1.165, 1.54) is 25.2 Å². The number of methoxy groups -OCH3 is 3. The molecule has 2 atom stereocenters. The van der Waals surface area contributed by atoms with Crippen LogP contribution in [-0.2, 0) is 4.74 Å². The molecule has 15 heteroatoms. The molecular weight excluding hydrogens is 572 g/mol. The predicted octanol–water partition coefficient (Wildman–Crippen LogP) is 2.70. The van der Waals surface area contributed by atoms with Crippen molar-refractivity contribution in [1.29, 1.82) is 0 Å². The number of urea groups is 1. The molecule has 230 valence electrons. The van der Waals surface area contributed by atoms with Crippen molar-refractivity contribution in [1.82, 2.24) is 15.0 Å². The van der Waals surface area contributed by atoms with Gasteiger partial charge in [0.1, 0.15) is 28.7 Å². The van der Waals surface area contributed by atoms with E-state index in [1.54, 1.807) is 37.6 Å². The second-order valence-corrected chi connectivity index (χ2v) is 10.6. The normalized spacial score (nSPS) is 18.7. The fourth-order valence-electron chi connectivity index (χ4n) is 5.99. The van der Waals surface area contributed by atoms with Crippen molar-refractivity contribution in [2.45, 2.75) is 24.9 Å². The Morgan fingerprint density at radius 1 is 0.955 bits per heavy atom. The summed E-state index contributed by atoms with van der Waals surface area (Å²) in [5.41, 5.74) is 1.68. The van der Waals surface area contributed by atoms with Gasteiger partial charge in [-0.15, -0.1) is 0 Å². The number of anilines is 5. The Morgan fingerprint density at radius 2 is 1.68 bits per heavy atom. The van der Waals surface area contributed by atoms with Crippen molar-refractivity contribution >= 4 is 46.8 Å². The van der Waals surface area contributed by atoms with Crippen LogP contribution in [-0.4, -0.2) is 97.6 Å². The van der Waals surface area contributed by atoms with E-state index < -0.39 is 18.0 Å². The number of rotatable bonds is 5. The van der Waals surface area contributed by atoms with Crippen LogP contribution < -0.4 is 34.8 Å². The standard InChI is InChI=1S/C17H17N5O4.C12H15N3O3/c1-26-12-8-11(16(23)24)19-15-14(12)21-7-5-10(9-21)22(15)17(25)20-13-4-2-3-6-18-13;1-17-9-5-8(12(16)18-2)14-11-10(9)15-4-3-7(6-15)13-11/h2-4,6,8,10H,5,7,9H2,1H3,(H,23,24)(H,18,20,25);5,7H,3-4,6H2,1-2H3,(H,13,14)/t10-;7-/m00/s1. The van der Waals surface area contributed by atoms with E-state index in [4.69, 9.17) is 14.2 Å². The number of aromatic nitrogens is 3. The Kier molecular flexibility index (Phi) is 7.67. The van der Waals surface area contributed by atoms with Crippen molar-refractivity contribution in [2.24, 2.45) is 0 Å². The van der Waals surface area contributed by atoms with Crippen LogP contribution in [0.3, 0.4) is 0 Å². The summed E-state index contributed by atoms with van der Waals surface area (Å²) in [4.78, 5) is 54.4. The zero-order valence-electron chi connectivity index (χ0n) is 24.4. The number of carbonyl (C=O) groups excluding carboxylic acids is 2. The first-order valence-electron chi connectivity index (χ1n) is 14.1. The minimum atomic E-state index is -1.18. The lowest BCUT2D eigenvalue weighted by atomic mass is 10.1. The molecule has 4 bridgehead atoms. The SMILES string of the molecule is COC(=O)c1cc(OC)c2c(n1)N[C@H]1CCN2C1.COc1cc(C(=O)O)nc2c1N1CC[C@@H](C1)N2C(=O)Nc1ccccn1. The monoisotopic (exact) mass is 604 g/mol. The van der Waals surface area contributed by atoms with Gasteiger partial charge in [0.25, 0.3) is 0 Å². The molecule has 0 unspecified atom stereocenters. The summed E-state index contributed by atoms with van der Waals surface area (Å²) in [5.74, 6) is 0.847. The van der Waals surface area contributed by atoms with E-state index in [1.807, 2.05) is 0 Å². The highest BCUT2D eigenvalue weighted by Gasteiger charge is 2.42. The topological polar surface area (TPSA) is 172 Å². The molecule has 7 heterocycles. The summed E-state index contributed by atoms with van der Waals surface area (Å²) in [7, 11) is 4.41. The van der Waals surface area contributed by atoms with Gasteiger partial charge in [-0.25, -0.2) is 29.3 Å². The molecule has 0 radical (unpaired) electrons. The van der Waals surface area contributed by atoms with E-state index in [0.717, 1.165) is 38.2 Å². The molecule has 0 aromatic carbocycles. The van der Waals surface area contributed by atoms with Crippen LogP contribution in [0.1, 0.15) is 33.8 Å². The van der Waals surface area contributed by atoms with Gasteiger partial charge in [0, 0.05) is 50.6 Å². The summed E-state index contributed by atoms with van der Waals surface area (Å²) in [6.07, 6.45) is 3.42. The molecule has 44 heavy (non-hydrogen) atoms. The molecule has 0 saturated carbocycles. The minimum absolute atomic E-state index is 0.0903. The third-order valence-electron chi connectivity index (χ3n) is 7.99. The van der Waals surface area contributed by atoms with E-state index in [0.29, 0.717) is 47.2 Å². The predicted molar refractivity (Wildman–Crippen MR) is 160 cm³/mol. The van der Waals surface area contributed by atoms with Gasteiger partial charge in [0.05, 0.1) is 27.4 Å².